The highest BCUT2D eigenvalue weighted by molar-refractivity contribution is 6.31. The Morgan fingerprint density at radius 1 is 0.969 bits per heavy atom. The van der Waals surface area contributed by atoms with Gasteiger partial charge in [0.2, 0.25) is 0 Å². The summed E-state index contributed by atoms with van der Waals surface area (Å²) in [5.41, 5.74) is 7.19. The Morgan fingerprint density at radius 3 is 2.56 bits per heavy atom. The maximum atomic E-state index is 13.7. The van der Waals surface area contributed by atoms with Crippen molar-refractivity contribution in [3.05, 3.63) is 118 Å². The van der Waals surface area contributed by atoms with E-state index in [9.17, 15) is 4.79 Å². The maximum Gasteiger partial charge on any atom is 0.322 e. The largest absolute Gasteiger partial charge is 0.322 e. The first-order chi connectivity index (χ1) is 15.5. The minimum atomic E-state index is -0.238. The van der Waals surface area contributed by atoms with Crippen molar-refractivity contribution in [1.29, 1.82) is 0 Å². The van der Waals surface area contributed by atoms with Gasteiger partial charge in [-0.05, 0) is 60.9 Å². The lowest BCUT2D eigenvalue weighted by atomic mass is 10.0. The van der Waals surface area contributed by atoms with Crippen LogP contribution in [0.3, 0.4) is 0 Å². The lowest BCUT2D eigenvalue weighted by molar-refractivity contribution is 0.194. The molecule has 1 aromatic heterocycles. The molecule has 32 heavy (non-hydrogen) atoms. The SMILES string of the molecule is Cc1ccc(C2c3cccn3-c3ccccc3CN2C(=O)Nc2cc(Cl)ccc2C)cc1. The van der Waals surface area contributed by atoms with Crippen molar-refractivity contribution in [2.24, 2.45) is 0 Å². The zero-order valence-electron chi connectivity index (χ0n) is 18.0. The number of amides is 2. The van der Waals surface area contributed by atoms with Gasteiger partial charge in [-0.1, -0.05) is 65.7 Å². The summed E-state index contributed by atoms with van der Waals surface area (Å²) in [6, 6.07) is 25.9. The molecular weight excluding hydrogens is 418 g/mol. The van der Waals surface area contributed by atoms with Crippen molar-refractivity contribution in [2.75, 3.05) is 5.32 Å². The maximum absolute atomic E-state index is 13.7. The Bertz CT molecular complexity index is 1290. The molecule has 1 atom stereocenters. The number of fused-ring (bicyclic) bond motifs is 3. The van der Waals surface area contributed by atoms with Crippen LogP contribution in [0.15, 0.2) is 85.1 Å². The van der Waals surface area contributed by atoms with Crippen LogP contribution < -0.4 is 5.32 Å². The van der Waals surface area contributed by atoms with Gasteiger partial charge in [0.25, 0.3) is 0 Å². The molecule has 0 saturated carbocycles. The number of urea groups is 1. The van der Waals surface area contributed by atoms with E-state index in [1.165, 1.54) is 5.56 Å². The minimum absolute atomic E-state index is 0.162. The van der Waals surface area contributed by atoms with Crippen molar-refractivity contribution >= 4 is 23.3 Å². The summed E-state index contributed by atoms with van der Waals surface area (Å²) in [5.74, 6) is 0. The molecule has 3 aromatic carbocycles. The highest BCUT2D eigenvalue weighted by Crippen LogP contribution is 2.37. The predicted molar refractivity (Wildman–Crippen MR) is 130 cm³/mol. The number of hydrogen-bond acceptors (Lipinski definition) is 1. The summed E-state index contributed by atoms with van der Waals surface area (Å²) < 4.78 is 2.19. The molecule has 0 radical (unpaired) electrons. The molecule has 1 N–H and O–H groups in total. The van der Waals surface area contributed by atoms with Crippen LogP contribution in [0.2, 0.25) is 5.02 Å². The summed E-state index contributed by atoms with van der Waals surface area (Å²) in [4.78, 5) is 15.6. The molecular formula is C27H24ClN3O. The number of aromatic nitrogens is 1. The molecule has 0 fully saturated rings. The fourth-order valence-corrected chi connectivity index (χ4v) is 4.53. The zero-order valence-corrected chi connectivity index (χ0v) is 18.8. The van der Waals surface area contributed by atoms with Crippen molar-refractivity contribution in [1.82, 2.24) is 9.47 Å². The van der Waals surface area contributed by atoms with Gasteiger partial charge in [-0.2, -0.15) is 0 Å². The molecule has 160 valence electrons. The Balaban J connectivity index is 1.63. The van der Waals surface area contributed by atoms with Gasteiger partial charge in [-0.3, -0.25) is 0 Å². The average molecular weight is 442 g/mol. The molecule has 0 spiro atoms. The number of nitrogens with one attached hydrogen (secondary N) is 1. The van der Waals surface area contributed by atoms with Gasteiger partial charge in [-0.15, -0.1) is 0 Å². The fourth-order valence-electron chi connectivity index (χ4n) is 4.35. The van der Waals surface area contributed by atoms with E-state index in [0.717, 1.165) is 33.8 Å². The summed E-state index contributed by atoms with van der Waals surface area (Å²) >= 11 is 6.20. The van der Waals surface area contributed by atoms with E-state index < -0.39 is 0 Å². The molecule has 4 aromatic rings. The molecule has 5 heteroatoms. The third-order valence-corrected chi connectivity index (χ3v) is 6.29. The van der Waals surface area contributed by atoms with Crippen molar-refractivity contribution in [2.45, 2.75) is 26.4 Å². The molecule has 0 aliphatic carbocycles. The number of anilines is 1. The molecule has 1 aliphatic rings. The molecule has 0 bridgehead atoms. The normalized spacial score (nSPS) is 15.0. The summed E-state index contributed by atoms with van der Waals surface area (Å²) in [6.07, 6.45) is 2.07. The second-order valence-electron chi connectivity index (χ2n) is 8.26. The molecule has 1 aliphatic heterocycles. The number of carbonyl (C=O) groups is 1. The van der Waals surface area contributed by atoms with Gasteiger partial charge in [-0.25, -0.2) is 4.79 Å². The Morgan fingerprint density at radius 2 is 1.75 bits per heavy atom. The van der Waals surface area contributed by atoms with Gasteiger partial charge in [0, 0.05) is 22.6 Å². The average Bonchev–Trinajstić information content (AvgIpc) is 3.21. The molecule has 0 saturated heterocycles. The molecule has 4 nitrogen and oxygen atoms in total. The van der Waals surface area contributed by atoms with Crippen LogP contribution in [-0.4, -0.2) is 15.5 Å². The molecule has 2 heterocycles. The van der Waals surface area contributed by atoms with Gasteiger partial charge in [0.05, 0.1) is 18.3 Å². The standard InChI is InChI=1S/C27H24ClN3O/c1-18-9-12-20(13-10-18)26-25-8-5-15-30(25)24-7-4-3-6-21(24)17-31(26)27(32)29-23-16-22(28)14-11-19(23)2/h3-16,26H,17H2,1-2H3,(H,29,32). The topological polar surface area (TPSA) is 37.3 Å². The Hall–Kier alpha value is -3.50. The zero-order chi connectivity index (χ0) is 22.2. The van der Waals surface area contributed by atoms with E-state index in [-0.39, 0.29) is 12.1 Å². The fraction of sp³-hybridized carbons (Fsp3) is 0.148. The number of hydrogen-bond donors (Lipinski definition) is 1. The van der Waals surface area contributed by atoms with E-state index in [1.807, 2.05) is 42.2 Å². The lowest BCUT2D eigenvalue weighted by Gasteiger charge is -2.31. The van der Waals surface area contributed by atoms with E-state index in [2.05, 4.69) is 65.5 Å². The first-order valence-electron chi connectivity index (χ1n) is 10.7. The number of rotatable bonds is 2. The van der Waals surface area contributed by atoms with Gasteiger partial charge in [0.1, 0.15) is 0 Å². The monoisotopic (exact) mass is 441 g/mol. The van der Waals surface area contributed by atoms with E-state index >= 15 is 0 Å². The Labute approximate surface area is 193 Å². The van der Waals surface area contributed by atoms with E-state index in [1.54, 1.807) is 6.07 Å². The first kappa shape index (κ1) is 20.4. The molecule has 1 unspecified atom stereocenters. The van der Waals surface area contributed by atoms with Crippen LogP contribution >= 0.6 is 11.6 Å². The van der Waals surface area contributed by atoms with Crippen molar-refractivity contribution < 1.29 is 4.79 Å². The van der Waals surface area contributed by atoms with Crippen LogP contribution in [0, 0.1) is 13.8 Å². The van der Waals surface area contributed by atoms with Crippen LogP contribution in [0.25, 0.3) is 5.69 Å². The minimum Gasteiger partial charge on any atom is -0.318 e. The van der Waals surface area contributed by atoms with Gasteiger partial charge < -0.3 is 14.8 Å². The number of nitrogens with zero attached hydrogens (tertiary/aromatic N) is 2. The third-order valence-electron chi connectivity index (χ3n) is 6.06. The lowest BCUT2D eigenvalue weighted by Crippen LogP contribution is -2.38. The van der Waals surface area contributed by atoms with Crippen LogP contribution in [0.4, 0.5) is 10.5 Å². The number of para-hydroxylation sites is 1. The number of halogens is 1. The van der Waals surface area contributed by atoms with Crippen LogP contribution in [0.5, 0.6) is 0 Å². The summed E-state index contributed by atoms with van der Waals surface area (Å²) in [6.45, 7) is 4.52. The second kappa shape index (κ2) is 8.21. The highest BCUT2D eigenvalue weighted by Gasteiger charge is 2.33. The number of aryl methyl sites for hydroxylation is 2. The van der Waals surface area contributed by atoms with E-state index in [0.29, 0.717) is 11.6 Å². The van der Waals surface area contributed by atoms with Crippen LogP contribution in [0.1, 0.15) is 34.0 Å². The van der Waals surface area contributed by atoms with Crippen molar-refractivity contribution in [3.63, 3.8) is 0 Å². The van der Waals surface area contributed by atoms with Gasteiger partial charge >= 0.3 is 6.03 Å². The first-order valence-corrected chi connectivity index (χ1v) is 11.0. The Kier molecular flexibility index (Phi) is 5.24. The quantitative estimate of drug-likeness (QED) is 0.361. The molecule has 2 amide bonds. The van der Waals surface area contributed by atoms with Crippen LogP contribution in [-0.2, 0) is 6.54 Å². The van der Waals surface area contributed by atoms with Crippen molar-refractivity contribution in [3.8, 4) is 5.69 Å². The van der Waals surface area contributed by atoms with E-state index in [4.69, 9.17) is 11.6 Å². The number of benzene rings is 3. The van der Waals surface area contributed by atoms with Gasteiger partial charge in [0.15, 0.2) is 0 Å². The molecule has 5 rings (SSSR count). The summed E-state index contributed by atoms with van der Waals surface area (Å²) in [5, 5.41) is 3.70. The number of carbonyl (C=O) groups excluding carboxylic acids is 1. The second-order valence-corrected chi connectivity index (χ2v) is 8.70. The summed E-state index contributed by atoms with van der Waals surface area (Å²) in [7, 11) is 0. The highest BCUT2D eigenvalue weighted by atomic mass is 35.5. The predicted octanol–water partition coefficient (Wildman–Crippen LogP) is 6.88. The third kappa shape index (κ3) is 3.67. The smallest absolute Gasteiger partial charge is 0.318 e.